The number of halogens is 1. The standard InChI is InChI=1S/C13H12ClN3O3/c14-8-7-10(17(19)20)13(18)12-11(8)9(3-4-15-12)16-5-1-2-6-16/h3-4,7,18H,1-2,5-6H2. The minimum absolute atomic E-state index is 0.175. The molecule has 1 saturated heterocycles. The van der Waals surface area contributed by atoms with Crippen LogP contribution in [0.2, 0.25) is 5.02 Å². The maximum atomic E-state index is 10.9. The summed E-state index contributed by atoms with van der Waals surface area (Å²) in [4.78, 5) is 16.5. The van der Waals surface area contributed by atoms with Crippen molar-refractivity contribution in [2.75, 3.05) is 18.0 Å². The number of anilines is 1. The van der Waals surface area contributed by atoms with Gasteiger partial charge in [-0.2, -0.15) is 0 Å². The highest BCUT2D eigenvalue weighted by Crippen LogP contribution is 2.42. The maximum absolute atomic E-state index is 10.9. The van der Waals surface area contributed by atoms with Crippen LogP contribution in [-0.2, 0) is 0 Å². The Morgan fingerprint density at radius 1 is 1.40 bits per heavy atom. The summed E-state index contributed by atoms with van der Waals surface area (Å²) in [6, 6.07) is 3.01. The SMILES string of the molecule is O=[N+]([O-])c1cc(Cl)c2c(N3CCCC3)ccnc2c1O. The quantitative estimate of drug-likeness (QED) is 0.680. The third-order valence-electron chi connectivity index (χ3n) is 3.54. The number of pyridine rings is 1. The van der Waals surface area contributed by atoms with Crippen LogP contribution in [0.25, 0.3) is 10.9 Å². The number of phenols is 1. The monoisotopic (exact) mass is 293 g/mol. The highest BCUT2D eigenvalue weighted by molar-refractivity contribution is 6.37. The van der Waals surface area contributed by atoms with Gasteiger partial charge in [0.1, 0.15) is 5.52 Å². The number of benzene rings is 1. The average molecular weight is 294 g/mol. The molecule has 1 N–H and O–H groups in total. The molecule has 0 spiro atoms. The lowest BCUT2D eigenvalue weighted by Crippen LogP contribution is -2.18. The first-order valence-electron chi connectivity index (χ1n) is 6.29. The van der Waals surface area contributed by atoms with E-state index in [-0.39, 0.29) is 10.5 Å². The number of nitro benzene ring substituents is 1. The van der Waals surface area contributed by atoms with Gasteiger partial charge in [0, 0.05) is 36.4 Å². The van der Waals surface area contributed by atoms with Crippen LogP contribution < -0.4 is 4.90 Å². The second kappa shape index (κ2) is 4.79. The van der Waals surface area contributed by atoms with E-state index in [0.29, 0.717) is 5.39 Å². The molecular weight excluding hydrogens is 282 g/mol. The second-order valence-corrected chi connectivity index (χ2v) is 5.14. The van der Waals surface area contributed by atoms with Gasteiger partial charge < -0.3 is 10.0 Å². The number of aromatic hydroxyl groups is 1. The minimum atomic E-state index is -0.662. The second-order valence-electron chi connectivity index (χ2n) is 4.73. The highest BCUT2D eigenvalue weighted by Gasteiger charge is 2.24. The van der Waals surface area contributed by atoms with E-state index in [2.05, 4.69) is 9.88 Å². The molecule has 3 rings (SSSR count). The lowest BCUT2D eigenvalue weighted by atomic mass is 10.1. The van der Waals surface area contributed by atoms with Crippen molar-refractivity contribution < 1.29 is 10.0 Å². The first kappa shape index (κ1) is 12.9. The van der Waals surface area contributed by atoms with E-state index in [4.69, 9.17) is 11.6 Å². The lowest BCUT2D eigenvalue weighted by molar-refractivity contribution is -0.385. The Balaban J connectivity index is 2.29. The molecular formula is C13H12ClN3O3. The summed E-state index contributed by atoms with van der Waals surface area (Å²) >= 11 is 6.18. The lowest BCUT2D eigenvalue weighted by Gasteiger charge is -2.20. The number of hydrogen-bond acceptors (Lipinski definition) is 5. The summed E-state index contributed by atoms with van der Waals surface area (Å²) in [6.45, 7) is 1.82. The summed E-state index contributed by atoms with van der Waals surface area (Å²) in [5, 5.41) is 21.7. The summed E-state index contributed by atoms with van der Waals surface area (Å²) < 4.78 is 0. The molecule has 1 aliphatic heterocycles. The number of aromatic nitrogens is 1. The molecule has 20 heavy (non-hydrogen) atoms. The Morgan fingerprint density at radius 2 is 2.10 bits per heavy atom. The van der Waals surface area contributed by atoms with Crippen LogP contribution in [0.15, 0.2) is 18.3 Å². The van der Waals surface area contributed by atoms with E-state index in [9.17, 15) is 15.2 Å². The normalized spacial score (nSPS) is 14.9. The van der Waals surface area contributed by atoms with Crippen LogP contribution in [0.3, 0.4) is 0 Å². The van der Waals surface area contributed by atoms with Gasteiger partial charge in [0.05, 0.1) is 9.95 Å². The zero-order chi connectivity index (χ0) is 14.3. The molecule has 6 nitrogen and oxygen atoms in total. The van der Waals surface area contributed by atoms with Gasteiger partial charge in [-0.1, -0.05) is 11.6 Å². The van der Waals surface area contributed by atoms with E-state index in [0.717, 1.165) is 31.6 Å². The first-order chi connectivity index (χ1) is 9.59. The van der Waals surface area contributed by atoms with E-state index in [1.54, 1.807) is 0 Å². The molecule has 1 aromatic carbocycles. The summed E-state index contributed by atoms with van der Waals surface area (Å²) in [7, 11) is 0. The van der Waals surface area contributed by atoms with Gasteiger partial charge in [0.15, 0.2) is 0 Å². The fourth-order valence-electron chi connectivity index (χ4n) is 2.61. The molecule has 0 unspecified atom stereocenters. The van der Waals surface area contributed by atoms with Crippen molar-refractivity contribution in [2.24, 2.45) is 0 Å². The van der Waals surface area contributed by atoms with Gasteiger partial charge in [-0.3, -0.25) is 15.1 Å². The molecule has 7 heteroatoms. The molecule has 104 valence electrons. The Labute approximate surface area is 119 Å². The van der Waals surface area contributed by atoms with Crippen LogP contribution >= 0.6 is 11.6 Å². The molecule has 0 atom stereocenters. The van der Waals surface area contributed by atoms with Crippen molar-refractivity contribution in [1.29, 1.82) is 0 Å². The number of fused-ring (bicyclic) bond motifs is 1. The van der Waals surface area contributed by atoms with Gasteiger partial charge in [0.25, 0.3) is 0 Å². The predicted molar refractivity (Wildman–Crippen MR) is 76.5 cm³/mol. The van der Waals surface area contributed by atoms with Gasteiger partial charge in [-0.15, -0.1) is 0 Å². The number of nitro groups is 1. The zero-order valence-corrected chi connectivity index (χ0v) is 11.3. The van der Waals surface area contributed by atoms with Crippen molar-refractivity contribution in [1.82, 2.24) is 4.98 Å². The number of rotatable bonds is 2. The van der Waals surface area contributed by atoms with Crippen LogP contribution in [0.4, 0.5) is 11.4 Å². The van der Waals surface area contributed by atoms with Gasteiger partial charge >= 0.3 is 5.69 Å². The van der Waals surface area contributed by atoms with Crippen LogP contribution in [0.5, 0.6) is 5.75 Å². The topological polar surface area (TPSA) is 79.5 Å². The number of nitrogens with zero attached hydrogens (tertiary/aromatic N) is 3. The van der Waals surface area contributed by atoms with Crippen molar-refractivity contribution in [3.63, 3.8) is 0 Å². The molecule has 0 radical (unpaired) electrons. The van der Waals surface area contributed by atoms with Crippen LogP contribution in [0.1, 0.15) is 12.8 Å². The van der Waals surface area contributed by atoms with Crippen molar-refractivity contribution in [3.05, 3.63) is 33.5 Å². The molecule has 0 bridgehead atoms. The maximum Gasteiger partial charge on any atom is 0.314 e. The first-order valence-corrected chi connectivity index (χ1v) is 6.67. The van der Waals surface area contributed by atoms with E-state index in [1.807, 2.05) is 6.07 Å². The summed E-state index contributed by atoms with van der Waals surface area (Å²) in [5.74, 6) is -0.435. The summed E-state index contributed by atoms with van der Waals surface area (Å²) in [6.07, 6.45) is 3.73. The van der Waals surface area contributed by atoms with Crippen LogP contribution in [-0.4, -0.2) is 28.1 Å². The molecule has 1 aromatic heterocycles. The van der Waals surface area contributed by atoms with E-state index < -0.39 is 16.4 Å². The Morgan fingerprint density at radius 3 is 2.75 bits per heavy atom. The molecule has 2 aromatic rings. The van der Waals surface area contributed by atoms with E-state index >= 15 is 0 Å². The minimum Gasteiger partial charge on any atom is -0.501 e. The fourth-order valence-corrected chi connectivity index (χ4v) is 2.90. The molecule has 1 fully saturated rings. The summed E-state index contributed by atoms with van der Waals surface area (Å²) in [5.41, 5.74) is 0.616. The molecule has 0 aliphatic carbocycles. The van der Waals surface area contributed by atoms with Gasteiger partial charge in [-0.25, -0.2) is 0 Å². The van der Waals surface area contributed by atoms with E-state index in [1.165, 1.54) is 12.3 Å². The van der Waals surface area contributed by atoms with Crippen molar-refractivity contribution in [2.45, 2.75) is 12.8 Å². The predicted octanol–water partition coefficient (Wildman–Crippen LogP) is 3.10. The van der Waals surface area contributed by atoms with Crippen molar-refractivity contribution >= 4 is 33.9 Å². The fraction of sp³-hybridized carbons (Fsp3) is 0.308. The highest BCUT2D eigenvalue weighted by atomic mass is 35.5. The van der Waals surface area contributed by atoms with Crippen molar-refractivity contribution in [3.8, 4) is 5.75 Å². The Bertz CT molecular complexity index is 699. The molecule has 2 heterocycles. The largest absolute Gasteiger partial charge is 0.501 e. The van der Waals surface area contributed by atoms with Crippen LogP contribution in [0, 0.1) is 10.1 Å². The number of hydrogen-bond donors (Lipinski definition) is 1. The molecule has 0 saturated carbocycles. The zero-order valence-electron chi connectivity index (χ0n) is 10.5. The van der Waals surface area contributed by atoms with Gasteiger partial charge in [-0.05, 0) is 18.9 Å². The molecule has 1 aliphatic rings. The van der Waals surface area contributed by atoms with Gasteiger partial charge in [0.2, 0.25) is 5.75 Å². The smallest absolute Gasteiger partial charge is 0.314 e. The average Bonchev–Trinajstić information content (AvgIpc) is 2.95. The Hall–Kier alpha value is -2.08. The third-order valence-corrected chi connectivity index (χ3v) is 3.84. The third kappa shape index (κ3) is 1.92. The number of phenolic OH excluding ortho intramolecular Hbond substituents is 1. The Kier molecular flexibility index (Phi) is 3.10. The molecule has 0 amide bonds.